The van der Waals surface area contributed by atoms with Crippen LogP contribution in [0.4, 0.5) is 74.6 Å². The average Bonchev–Trinajstić information content (AvgIpc) is 2.57. The van der Waals surface area contributed by atoms with E-state index < -0.39 is 83.7 Å². The second kappa shape index (κ2) is 9.19. The Kier molecular flexibility index (Phi) is 8.73. The average molecular weight is 579 g/mol. The normalized spacial score (nSPS) is 16.8. The topological polar surface area (TPSA) is 60.4 Å². The summed E-state index contributed by atoms with van der Waals surface area (Å²) in [5, 5.41) is 19.9. The number of carbonyl (C=O) groups is 1. The van der Waals surface area contributed by atoms with Crippen molar-refractivity contribution in [2.24, 2.45) is 0 Å². The van der Waals surface area contributed by atoms with Gasteiger partial charge in [-0.05, 0) is 0 Å². The quantitative estimate of drug-likeness (QED) is 0.284. The Morgan fingerprint density at radius 3 is 1.28 bits per heavy atom. The van der Waals surface area contributed by atoms with Crippen molar-refractivity contribution in [1.29, 1.82) is 0 Å². The van der Waals surface area contributed by atoms with E-state index >= 15 is 0 Å². The van der Waals surface area contributed by atoms with Gasteiger partial charge in [0.15, 0.2) is 0 Å². The molecule has 0 aromatic carbocycles. The van der Waals surface area contributed by atoms with Crippen LogP contribution in [-0.2, 0) is 4.79 Å². The number of aliphatic carboxylic acids is 1. The molecule has 0 aliphatic rings. The van der Waals surface area contributed by atoms with Gasteiger partial charge >= 0.3 is 47.6 Å². The van der Waals surface area contributed by atoms with Crippen LogP contribution in [0, 0.1) is 0 Å². The lowest BCUT2D eigenvalue weighted by Crippen LogP contribution is -2.74. The predicted octanol–water partition coefficient (Wildman–Crippen LogP) is 3.57. The number of alkyl halides is 17. The molecule has 0 heterocycles. The Balaban J connectivity index is 6.44. The van der Waals surface area contributed by atoms with Gasteiger partial charge in [-0.25, -0.2) is 0 Å². The second-order valence-electron chi connectivity index (χ2n) is 8.15. The molecule has 0 aliphatic heterocycles. The van der Waals surface area contributed by atoms with Gasteiger partial charge in [-0.1, -0.05) is 0 Å². The number of likely N-dealkylation sites (N-methyl/N-ethyl adjacent to an activating group) is 1. The summed E-state index contributed by atoms with van der Waals surface area (Å²) in [6.45, 7) is -2.50. The molecule has 1 atom stereocenters. The van der Waals surface area contributed by atoms with Crippen molar-refractivity contribution in [1.82, 2.24) is 0 Å². The highest BCUT2D eigenvalue weighted by Crippen LogP contribution is 2.64. The molecule has 0 aromatic rings. The molecule has 0 saturated heterocycles. The van der Waals surface area contributed by atoms with Gasteiger partial charge in [-0.2, -0.15) is 74.6 Å². The predicted molar refractivity (Wildman–Crippen MR) is 78.2 cm³/mol. The van der Waals surface area contributed by atoms with Crippen LogP contribution in [0.2, 0.25) is 0 Å². The fourth-order valence-electron chi connectivity index (χ4n) is 2.67. The molecule has 216 valence electrons. The molecule has 36 heavy (non-hydrogen) atoms. The Morgan fingerprint density at radius 1 is 0.667 bits per heavy atom. The van der Waals surface area contributed by atoms with Crippen LogP contribution in [0.1, 0.15) is 6.42 Å². The molecule has 4 nitrogen and oxygen atoms in total. The molecule has 0 aliphatic carbocycles. The molecule has 1 N–H and O–H groups in total. The van der Waals surface area contributed by atoms with E-state index in [0.717, 1.165) is 14.1 Å². The lowest BCUT2D eigenvalue weighted by atomic mass is 9.87. The molecule has 21 heteroatoms. The summed E-state index contributed by atoms with van der Waals surface area (Å²) in [6.07, 6.45) is -13.9. The number of halogens is 17. The molecule has 0 fully saturated rings. The van der Waals surface area contributed by atoms with Crippen molar-refractivity contribution >= 4 is 5.97 Å². The Labute approximate surface area is 188 Å². The van der Waals surface area contributed by atoms with Crippen molar-refractivity contribution in [3.63, 3.8) is 0 Å². The summed E-state index contributed by atoms with van der Waals surface area (Å²) in [7, 11) is 1.59. The lowest BCUT2D eigenvalue weighted by molar-refractivity contribution is -0.888. The Hall–Kier alpha value is -1.80. The third kappa shape index (κ3) is 5.40. The van der Waals surface area contributed by atoms with Crippen molar-refractivity contribution in [2.75, 3.05) is 27.2 Å². The first-order chi connectivity index (χ1) is 15.3. The van der Waals surface area contributed by atoms with E-state index in [1.807, 2.05) is 0 Å². The minimum atomic E-state index is -8.73. The number of nitrogens with zero attached hydrogens (tertiary/aromatic N) is 1. The zero-order chi connectivity index (χ0) is 29.8. The van der Waals surface area contributed by atoms with Crippen molar-refractivity contribution in [3.8, 4) is 0 Å². The van der Waals surface area contributed by atoms with E-state index in [9.17, 15) is 89.6 Å². The third-order valence-corrected chi connectivity index (χ3v) is 4.54. The zero-order valence-electron chi connectivity index (χ0n) is 17.3. The zero-order valence-corrected chi connectivity index (χ0v) is 17.3. The van der Waals surface area contributed by atoms with Crippen LogP contribution in [0.15, 0.2) is 0 Å². The number of quaternary nitrogens is 1. The highest BCUT2D eigenvalue weighted by atomic mass is 19.4. The first kappa shape index (κ1) is 34.2. The van der Waals surface area contributed by atoms with Gasteiger partial charge in [0.05, 0.1) is 20.1 Å². The summed E-state index contributed by atoms with van der Waals surface area (Å²) < 4.78 is 223. The summed E-state index contributed by atoms with van der Waals surface area (Å²) in [5.41, 5.74) is 0. The van der Waals surface area contributed by atoms with Crippen LogP contribution in [0.25, 0.3) is 0 Å². The number of hydrogen-bond donors (Lipinski definition) is 1. The minimum absolute atomic E-state index is 0.793. The number of carboxylic acids is 1. The fourth-order valence-corrected chi connectivity index (χ4v) is 2.67. The molecular formula is C15H14F17NO3. The van der Waals surface area contributed by atoms with Crippen LogP contribution < -0.4 is 5.11 Å². The van der Waals surface area contributed by atoms with Crippen LogP contribution in [0.3, 0.4) is 0 Å². The van der Waals surface area contributed by atoms with Gasteiger partial charge in [0.2, 0.25) is 0 Å². The highest BCUT2D eigenvalue weighted by Gasteiger charge is 2.95. The molecule has 0 saturated carbocycles. The van der Waals surface area contributed by atoms with E-state index in [4.69, 9.17) is 0 Å². The third-order valence-electron chi connectivity index (χ3n) is 4.54. The number of rotatable bonds is 12. The number of aliphatic hydroxyl groups excluding tert-OH is 1. The van der Waals surface area contributed by atoms with Gasteiger partial charge < -0.3 is 19.5 Å². The maximum Gasteiger partial charge on any atom is 0.460 e. The first-order valence-electron chi connectivity index (χ1n) is 8.68. The highest BCUT2D eigenvalue weighted by molar-refractivity contribution is 5.65. The van der Waals surface area contributed by atoms with Crippen LogP contribution in [0.5, 0.6) is 0 Å². The minimum Gasteiger partial charge on any atom is -0.544 e. The SMILES string of the molecule is C[N+](C)(CC(=O)[O-])CC(O)CC(F)(F)C(F)(F)C(F)(F)C(F)(F)C(F)(F)C(F)(F)C(F)(F)C(F)(F)F. The number of carbonyl (C=O) groups excluding carboxylic acids is 1. The number of aliphatic hydroxyl groups is 1. The Bertz CT molecular complexity index is 806. The molecule has 1 unspecified atom stereocenters. The molecule has 0 amide bonds. The van der Waals surface area contributed by atoms with Crippen LogP contribution in [-0.4, -0.2) is 96.5 Å². The van der Waals surface area contributed by atoms with Gasteiger partial charge in [0.25, 0.3) is 0 Å². The Morgan fingerprint density at radius 2 is 0.972 bits per heavy atom. The molecule has 0 aromatic heterocycles. The van der Waals surface area contributed by atoms with Crippen molar-refractivity contribution in [2.45, 2.75) is 60.2 Å². The van der Waals surface area contributed by atoms with Crippen molar-refractivity contribution < 1.29 is 94.1 Å². The van der Waals surface area contributed by atoms with Crippen LogP contribution >= 0.6 is 0 Å². The summed E-state index contributed by atoms with van der Waals surface area (Å²) >= 11 is 0. The molecule has 0 radical (unpaired) electrons. The van der Waals surface area contributed by atoms with E-state index in [1.165, 1.54) is 0 Å². The monoisotopic (exact) mass is 579 g/mol. The molecule has 0 bridgehead atoms. The van der Waals surface area contributed by atoms with E-state index in [2.05, 4.69) is 0 Å². The number of carboxylic acid groups (broad SMARTS) is 1. The van der Waals surface area contributed by atoms with E-state index in [1.54, 1.807) is 0 Å². The van der Waals surface area contributed by atoms with E-state index in [-0.39, 0.29) is 0 Å². The molecule has 0 spiro atoms. The smallest absolute Gasteiger partial charge is 0.460 e. The standard InChI is InChI=1S/C15H14F17NO3/c1-33(2,5-7(35)36)4-6(34)3-8(16,17)9(18,19)10(20,21)11(22,23)12(24,25)13(26,27)14(28,29)15(30,31)32/h6,34H,3-5H2,1-2H3. The first-order valence-corrected chi connectivity index (χ1v) is 8.68. The largest absolute Gasteiger partial charge is 0.544 e. The van der Waals surface area contributed by atoms with E-state index in [0.29, 0.717) is 0 Å². The maximum atomic E-state index is 13.8. The summed E-state index contributed by atoms with van der Waals surface area (Å²) in [6, 6.07) is 0. The lowest BCUT2D eigenvalue weighted by Gasteiger charge is -2.43. The fraction of sp³-hybridized carbons (Fsp3) is 0.933. The van der Waals surface area contributed by atoms with Gasteiger partial charge in [-0.3, -0.25) is 0 Å². The number of hydrogen-bond acceptors (Lipinski definition) is 3. The van der Waals surface area contributed by atoms with Gasteiger partial charge in [0, 0.05) is 6.42 Å². The summed E-state index contributed by atoms with van der Waals surface area (Å²) in [4.78, 5) is 10.5. The van der Waals surface area contributed by atoms with Crippen molar-refractivity contribution in [3.05, 3.63) is 0 Å². The van der Waals surface area contributed by atoms with Gasteiger partial charge in [0.1, 0.15) is 19.2 Å². The summed E-state index contributed by atoms with van der Waals surface area (Å²) in [5.74, 6) is -59.3. The maximum absolute atomic E-state index is 13.8. The molecular weight excluding hydrogens is 565 g/mol. The molecule has 0 rings (SSSR count). The second-order valence-corrected chi connectivity index (χ2v) is 8.15. The van der Waals surface area contributed by atoms with Gasteiger partial charge in [-0.15, -0.1) is 0 Å².